The van der Waals surface area contributed by atoms with E-state index in [-0.39, 0.29) is 31.1 Å². The minimum atomic E-state index is -0.754. The van der Waals surface area contributed by atoms with E-state index in [0.29, 0.717) is 19.3 Å². The molecule has 0 fully saturated rings. The molecule has 0 bridgehead atoms. The number of ether oxygens (including phenoxy) is 3. The van der Waals surface area contributed by atoms with Crippen LogP contribution in [-0.4, -0.2) is 37.2 Å². The predicted octanol–water partition coefficient (Wildman–Crippen LogP) is 9.26. The second kappa shape index (κ2) is 28.0. The molecule has 0 radical (unpaired) electrons. The number of unbranched alkanes of at least 4 members (excludes halogenated alkanes) is 15. The Bertz CT molecular complexity index is 589. The van der Waals surface area contributed by atoms with Crippen LogP contribution in [0.4, 0.5) is 0 Å². The van der Waals surface area contributed by atoms with E-state index in [4.69, 9.17) is 14.2 Å². The van der Waals surface area contributed by atoms with Crippen LogP contribution in [0.15, 0.2) is 0 Å². The fraction of sp³-hybridized carbons (Fsp3) is 0.909. The largest absolute Gasteiger partial charge is 0.462 e. The molecule has 0 aliphatic heterocycles. The summed E-state index contributed by atoms with van der Waals surface area (Å²) < 4.78 is 16.3. The average molecular weight is 555 g/mol. The van der Waals surface area contributed by atoms with Gasteiger partial charge in [0.25, 0.3) is 0 Å². The van der Waals surface area contributed by atoms with Gasteiger partial charge in [0.2, 0.25) is 0 Å². The molecular weight excluding hydrogens is 492 g/mol. The lowest BCUT2D eigenvalue weighted by Gasteiger charge is -2.18. The molecule has 0 unspecified atom stereocenters. The summed E-state index contributed by atoms with van der Waals surface area (Å²) in [5, 5.41) is 0. The zero-order valence-corrected chi connectivity index (χ0v) is 26.1. The molecule has 0 aromatic carbocycles. The molecule has 0 saturated heterocycles. The highest BCUT2D eigenvalue weighted by molar-refractivity contribution is 5.71. The molecule has 0 aromatic rings. The lowest BCUT2D eigenvalue weighted by Crippen LogP contribution is -2.30. The van der Waals surface area contributed by atoms with E-state index in [1.54, 1.807) is 0 Å². The molecule has 6 nitrogen and oxygen atoms in total. The van der Waals surface area contributed by atoms with Crippen molar-refractivity contribution in [1.82, 2.24) is 0 Å². The molecule has 0 heterocycles. The van der Waals surface area contributed by atoms with Crippen molar-refractivity contribution in [3.63, 3.8) is 0 Å². The lowest BCUT2D eigenvalue weighted by atomic mass is 10.0. The topological polar surface area (TPSA) is 78.9 Å². The van der Waals surface area contributed by atoms with Gasteiger partial charge in [-0.1, -0.05) is 130 Å². The van der Waals surface area contributed by atoms with Crippen LogP contribution in [0.2, 0.25) is 0 Å². The molecule has 1 atom stereocenters. The van der Waals surface area contributed by atoms with Gasteiger partial charge in [-0.3, -0.25) is 14.4 Å². The van der Waals surface area contributed by atoms with Crippen LogP contribution in [0, 0.1) is 5.92 Å². The monoisotopic (exact) mass is 554 g/mol. The maximum Gasteiger partial charge on any atom is 0.306 e. The van der Waals surface area contributed by atoms with Gasteiger partial charge in [-0.05, 0) is 25.2 Å². The first-order valence-corrected chi connectivity index (χ1v) is 16.4. The van der Waals surface area contributed by atoms with E-state index >= 15 is 0 Å². The van der Waals surface area contributed by atoms with Gasteiger partial charge in [0.05, 0.1) is 0 Å². The predicted molar refractivity (Wildman–Crippen MR) is 160 cm³/mol. The highest BCUT2D eigenvalue weighted by Gasteiger charge is 2.19. The minimum absolute atomic E-state index is 0.0689. The van der Waals surface area contributed by atoms with Crippen LogP contribution >= 0.6 is 0 Å². The Morgan fingerprint density at radius 3 is 1.26 bits per heavy atom. The first-order valence-electron chi connectivity index (χ1n) is 16.4. The number of carbonyl (C=O) groups excluding carboxylic acids is 3. The fourth-order valence-corrected chi connectivity index (χ4v) is 4.51. The molecule has 6 heteroatoms. The van der Waals surface area contributed by atoms with E-state index in [2.05, 4.69) is 27.7 Å². The third-order valence-electron chi connectivity index (χ3n) is 7.04. The van der Waals surface area contributed by atoms with Gasteiger partial charge in [0.15, 0.2) is 6.10 Å². The number of esters is 3. The summed E-state index contributed by atoms with van der Waals surface area (Å²) >= 11 is 0. The second-order valence-electron chi connectivity index (χ2n) is 11.6. The second-order valence-corrected chi connectivity index (χ2v) is 11.6. The van der Waals surface area contributed by atoms with E-state index in [9.17, 15) is 14.4 Å². The minimum Gasteiger partial charge on any atom is -0.462 e. The van der Waals surface area contributed by atoms with Crippen LogP contribution in [0.25, 0.3) is 0 Å². The van der Waals surface area contributed by atoms with E-state index in [0.717, 1.165) is 70.1 Å². The first kappa shape index (κ1) is 37.4. The van der Waals surface area contributed by atoms with Crippen molar-refractivity contribution in [2.24, 2.45) is 5.92 Å². The SMILES string of the molecule is CCCCCCCCCC(=O)OC[C@H](COC(=O)CCCCCCCCC(C)C)OC(=O)CCCCCCC. The van der Waals surface area contributed by atoms with Crippen molar-refractivity contribution in [2.75, 3.05) is 13.2 Å². The molecule has 0 rings (SSSR count). The Labute approximate surface area is 240 Å². The third kappa shape index (κ3) is 27.8. The van der Waals surface area contributed by atoms with Crippen molar-refractivity contribution < 1.29 is 28.6 Å². The van der Waals surface area contributed by atoms with Crippen molar-refractivity contribution in [3.8, 4) is 0 Å². The number of hydrogen-bond donors (Lipinski definition) is 0. The average Bonchev–Trinajstić information content (AvgIpc) is 2.90. The zero-order valence-electron chi connectivity index (χ0n) is 26.1. The summed E-state index contributed by atoms with van der Waals surface area (Å²) in [7, 11) is 0. The molecule has 0 aliphatic carbocycles. The quantitative estimate of drug-likeness (QED) is 0.0545. The smallest absolute Gasteiger partial charge is 0.306 e. The molecule has 0 aliphatic rings. The molecule has 0 aromatic heterocycles. The Balaban J connectivity index is 4.32. The van der Waals surface area contributed by atoms with E-state index in [1.165, 1.54) is 57.8 Å². The summed E-state index contributed by atoms with van der Waals surface area (Å²) in [6.07, 6.45) is 21.4. The van der Waals surface area contributed by atoms with Gasteiger partial charge in [-0.25, -0.2) is 0 Å². The molecule has 0 amide bonds. The first-order chi connectivity index (χ1) is 18.9. The van der Waals surface area contributed by atoms with Crippen molar-refractivity contribution in [1.29, 1.82) is 0 Å². The molecular formula is C33H62O6. The summed E-state index contributed by atoms with van der Waals surface area (Å²) in [6.45, 7) is 8.73. The normalized spacial score (nSPS) is 11.9. The Morgan fingerprint density at radius 2 is 0.846 bits per heavy atom. The standard InChI is InChI=1S/C33H62O6/c1-5-7-9-11-12-17-20-24-31(34)37-27-30(39-33(36)26-22-15-10-8-6-2)28-38-32(35)25-21-18-14-13-16-19-23-29(3)4/h29-30H,5-28H2,1-4H3/t30-/m1/s1. The van der Waals surface area contributed by atoms with Crippen molar-refractivity contribution in [3.05, 3.63) is 0 Å². The summed E-state index contributed by atoms with van der Waals surface area (Å²) in [5.74, 6) is -0.135. The summed E-state index contributed by atoms with van der Waals surface area (Å²) in [6, 6.07) is 0. The summed E-state index contributed by atoms with van der Waals surface area (Å²) in [5.41, 5.74) is 0. The van der Waals surface area contributed by atoms with Gasteiger partial charge in [0.1, 0.15) is 13.2 Å². The van der Waals surface area contributed by atoms with Crippen LogP contribution in [-0.2, 0) is 28.6 Å². The van der Waals surface area contributed by atoms with Gasteiger partial charge >= 0.3 is 17.9 Å². The fourth-order valence-electron chi connectivity index (χ4n) is 4.51. The van der Waals surface area contributed by atoms with E-state index in [1.807, 2.05) is 0 Å². The Morgan fingerprint density at radius 1 is 0.487 bits per heavy atom. The number of rotatable bonds is 28. The Hall–Kier alpha value is -1.59. The van der Waals surface area contributed by atoms with Crippen molar-refractivity contribution in [2.45, 2.75) is 175 Å². The molecule has 0 saturated carbocycles. The number of carbonyl (C=O) groups is 3. The van der Waals surface area contributed by atoms with E-state index < -0.39 is 6.10 Å². The lowest BCUT2D eigenvalue weighted by molar-refractivity contribution is -0.167. The molecule has 0 spiro atoms. The highest BCUT2D eigenvalue weighted by atomic mass is 16.6. The van der Waals surface area contributed by atoms with Crippen LogP contribution < -0.4 is 0 Å². The molecule has 0 N–H and O–H groups in total. The third-order valence-corrected chi connectivity index (χ3v) is 7.04. The maximum atomic E-state index is 12.3. The van der Waals surface area contributed by atoms with Crippen LogP contribution in [0.5, 0.6) is 0 Å². The highest BCUT2D eigenvalue weighted by Crippen LogP contribution is 2.13. The molecule has 230 valence electrons. The molecule has 39 heavy (non-hydrogen) atoms. The van der Waals surface area contributed by atoms with Crippen molar-refractivity contribution >= 4 is 17.9 Å². The number of hydrogen-bond acceptors (Lipinski definition) is 6. The van der Waals surface area contributed by atoms with Crippen LogP contribution in [0.3, 0.4) is 0 Å². The van der Waals surface area contributed by atoms with Gasteiger partial charge in [0, 0.05) is 19.3 Å². The maximum absolute atomic E-state index is 12.3. The van der Waals surface area contributed by atoms with Crippen LogP contribution in [0.1, 0.15) is 169 Å². The zero-order chi connectivity index (χ0) is 29.0. The van der Waals surface area contributed by atoms with Gasteiger partial charge in [-0.2, -0.15) is 0 Å². The summed E-state index contributed by atoms with van der Waals surface area (Å²) in [4.78, 5) is 36.8. The van der Waals surface area contributed by atoms with Gasteiger partial charge < -0.3 is 14.2 Å². The Kier molecular flexibility index (Phi) is 26.8. The van der Waals surface area contributed by atoms with Gasteiger partial charge in [-0.15, -0.1) is 0 Å².